The van der Waals surface area contributed by atoms with E-state index < -0.39 is 23.7 Å². The fraction of sp³-hybridized carbons (Fsp3) is 0.0952. The number of nitrogens with one attached hydrogen (secondary N) is 2. The smallest absolute Gasteiger partial charge is 0.352 e. The van der Waals surface area contributed by atoms with Gasteiger partial charge in [0.15, 0.2) is 0 Å². The van der Waals surface area contributed by atoms with Gasteiger partial charge in [0.25, 0.3) is 5.91 Å². The summed E-state index contributed by atoms with van der Waals surface area (Å²) in [6.45, 7) is 1.94. The van der Waals surface area contributed by atoms with Gasteiger partial charge in [0.2, 0.25) is 0 Å². The van der Waals surface area contributed by atoms with Crippen molar-refractivity contribution in [1.29, 1.82) is 0 Å². The van der Waals surface area contributed by atoms with Crippen LogP contribution in [0.4, 0.5) is 15.9 Å². The van der Waals surface area contributed by atoms with Gasteiger partial charge in [0.05, 0.1) is 6.20 Å². The Morgan fingerprint density at radius 2 is 1.90 bits per heavy atom. The maximum Gasteiger partial charge on any atom is 0.352 e. The van der Waals surface area contributed by atoms with Gasteiger partial charge in [-0.05, 0) is 31.2 Å². The molecular weight excluding hydrogens is 375 g/mol. The maximum atomic E-state index is 14.4. The second-order valence-electron chi connectivity index (χ2n) is 6.65. The minimum Gasteiger partial charge on any atom is -0.477 e. The van der Waals surface area contributed by atoms with Crippen molar-refractivity contribution in [3.05, 3.63) is 89.0 Å². The van der Waals surface area contributed by atoms with Gasteiger partial charge < -0.3 is 15.7 Å². The Hall–Kier alpha value is -3.94. The molecule has 0 radical (unpaired) electrons. The standard InChI is InChI=1S/C21H17FN4O3/c1-12-6-8-13(9-7-12)24-20(27)15-11-23-26-18(14-4-2-3-5-16(14)22)10-17(21(28)29)25-19(15)26/h2-11,18,25H,1H3,(H,24,27)(H,28,29). The molecule has 4 rings (SSSR count). The Morgan fingerprint density at radius 3 is 2.59 bits per heavy atom. The molecule has 1 aliphatic heterocycles. The second-order valence-corrected chi connectivity index (χ2v) is 6.65. The molecule has 0 aliphatic carbocycles. The first kappa shape index (κ1) is 18.4. The van der Waals surface area contributed by atoms with Crippen molar-refractivity contribution in [2.24, 2.45) is 0 Å². The summed E-state index contributed by atoms with van der Waals surface area (Å²) in [6, 6.07) is 12.5. The molecule has 7 nitrogen and oxygen atoms in total. The number of carboxylic acid groups (broad SMARTS) is 1. The summed E-state index contributed by atoms with van der Waals surface area (Å²) in [5, 5.41) is 19.2. The second kappa shape index (κ2) is 7.23. The third kappa shape index (κ3) is 3.47. The average molecular weight is 392 g/mol. The third-order valence-electron chi connectivity index (χ3n) is 4.64. The number of aryl methyl sites for hydroxylation is 1. The molecule has 0 saturated heterocycles. The largest absolute Gasteiger partial charge is 0.477 e. The highest BCUT2D eigenvalue weighted by Crippen LogP contribution is 2.33. The number of nitrogens with zero attached hydrogens (tertiary/aromatic N) is 2. The van der Waals surface area contributed by atoms with E-state index in [-0.39, 0.29) is 22.6 Å². The average Bonchev–Trinajstić information content (AvgIpc) is 3.13. The summed E-state index contributed by atoms with van der Waals surface area (Å²) in [7, 11) is 0. The number of rotatable bonds is 4. The molecule has 1 aliphatic rings. The van der Waals surface area contributed by atoms with Crippen LogP contribution in [0.1, 0.15) is 27.5 Å². The van der Waals surface area contributed by atoms with Gasteiger partial charge >= 0.3 is 5.97 Å². The highest BCUT2D eigenvalue weighted by atomic mass is 19.1. The van der Waals surface area contributed by atoms with Crippen molar-refractivity contribution in [2.75, 3.05) is 10.6 Å². The number of carboxylic acids is 1. The predicted octanol–water partition coefficient (Wildman–Crippen LogP) is 3.57. The van der Waals surface area contributed by atoms with Crippen LogP contribution in [0.3, 0.4) is 0 Å². The Labute approximate surface area is 165 Å². The fourth-order valence-corrected chi connectivity index (χ4v) is 3.16. The van der Waals surface area contributed by atoms with E-state index in [2.05, 4.69) is 15.7 Å². The Kier molecular flexibility index (Phi) is 4.59. The van der Waals surface area contributed by atoms with E-state index in [1.165, 1.54) is 23.0 Å². The molecule has 3 N–H and O–H groups in total. The van der Waals surface area contributed by atoms with E-state index in [4.69, 9.17) is 0 Å². The van der Waals surface area contributed by atoms with Crippen LogP contribution in [0.25, 0.3) is 0 Å². The number of aliphatic carboxylic acids is 1. The number of fused-ring (bicyclic) bond motifs is 1. The highest BCUT2D eigenvalue weighted by Gasteiger charge is 2.30. The van der Waals surface area contributed by atoms with Gasteiger partial charge in [-0.15, -0.1) is 0 Å². The van der Waals surface area contributed by atoms with Gasteiger partial charge in [-0.25, -0.2) is 13.9 Å². The lowest BCUT2D eigenvalue weighted by atomic mass is 10.0. The van der Waals surface area contributed by atoms with Crippen molar-refractivity contribution in [3.8, 4) is 0 Å². The molecule has 1 unspecified atom stereocenters. The number of aromatic nitrogens is 2. The molecule has 1 atom stereocenters. The van der Waals surface area contributed by atoms with E-state index in [0.717, 1.165) is 5.56 Å². The van der Waals surface area contributed by atoms with Gasteiger partial charge in [-0.2, -0.15) is 5.10 Å². The van der Waals surface area contributed by atoms with Crippen molar-refractivity contribution in [3.63, 3.8) is 0 Å². The van der Waals surface area contributed by atoms with Gasteiger partial charge in [-0.1, -0.05) is 35.9 Å². The zero-order chi connectivity index (χ0) is 20.5. The predicted molar refractivity (Wildman–Crippen MR) is 105 cm³/mol. The van der Waals surface area contributed by atoms with Gasteiger partial charge in [0, 0.05) is 11.3 Å². The van der Waals surface area contributed by atoms with Crippen LogP contribution in [0.2, 0.25) is 0 Å². The van der Waals surface area contributed by atoms with Crippen LogP contribution >= 0.6 is 0 Å². The van der Waals surface area contributed by atoms with Crippen molar-refractivity contribution in [2.45, 2.75) is 13.0 Å². The first-order valence-corrected chi connectivity index (χ1v) is 8.86. The quantitative estimate of drug-likeness (QED) is 0.631. The molecule has 2 aromatic carbocycles. The van der Waals surface area contributed by atoms with Crippen molar-refractivity contribution < 1.29 is 19.1 Å². The lowest BCUT2D eigenvalue weighted by molar-refractivity contribution is -0.132. The summed E-state index contributed by atoms with van der Waals surface area (Å²) < 4.78 is 15.8. The number of anilines is 2. The van der Waals surface area contributed by atoms with E-state index in [0.29, 0.717) is 5.69 Å². The minimum absolute atomic E-state index is 0.152. The first-order chi connectivity index (χ1) is 13.9. The fourth-order valence-electron chi connectivity index (χ4n) is 3.16. The number of allylic oxidation sites excluding steroid dienone is 1. The normalized spacial score (nSPS) is 15.1. The molecular formula is C21H17FN4O3. The van der Waals surface area contributed by atoms with Crippen molar-refractivity contribution >= 4 is 23.4 Å². The number of hydrogen-bond acceptors (Lipinski definition) is 4. The summed E-state index contributed by atoms with van der Waals surface area (Å²) in [5.41, 5.74) is 1.89. The molecule has 29 heavy (non-hydrogen) atoms. The van der Waals surface area contributed by atoms with Gasteiger partial charge in [0.1, 0.15) is 28.9 Å². The van der Waals surface area contributed by atoms with Gasteiger partial charge in [-0.3, -0.25) is 4.79 Å². The Bertz CT molecular complexity index is 1140. The number of halogens is 1. The van der Waals surface area contributed by atoms with Crippen LogP contribution in [-0.2, 0) is 4.79 Å². The summed E-state index contributed by atoms with van der Waals surface area (Å²) >= 11 is 0. The van der Waals surface area contributed by atoms with Crippen molar-refractivity contribution in [1.82, 2.24) is 9.78 Å². The van der Waals surface area contributed by atoms with Crippen LogP contribution in [0.15, 0.2) is 66.5 Å². The van der Waals surface area contributed by atoms with E-state index >= 15 is 0 Å². The Balaban J connectivity index is 1.73. The molecule has 0 fully saturated rings. The lowest BCUT2D eigenvalue weighted by Gasteiger charge is -2.24. The lowest BCUT2D eigenvalue weighted by Crippen LogP contribution is -2.26. The monoisotopic (exact) mass is 392 g/mol. The molecule has 1 aromatic heterocycles. The SMILES string of the molecule is Cc1ccc(NC(=O)c2cnn3c2NC(C(=O)O)=CC3c2ccccc2F)cc1. The van der Waals surface area contributed by atoms with Crippen LogP contribution in [-0.4, -0.2) is 26.8 Å². The topological polar surface area (TPSA) is 96.3 Å². The zero-order valence-electron chi connectivity index (χ0n) is 15.4. The molecule has 146 valence electrons. The van der Waals surface area contributed by atoms with Crippen LogP contribution in [0, 0.1) is 12.7 Å². The highest BCUT2D eigenvalue weighted by molar-refractivity contribution is 6.08. The molecule has 0 saturated carbocycles. The summed E-state index contributed by atoms with van der Waals surface area (Å²) in [5.74, 6) is -1.99. The first-order valence-electron chi connectivity index (χ1n) is 8.86. The van der Waals surface area contributed by atoms with Crippen LogP contribution < -0.4 is 10.6 Å². The number of carbonyl (C=O) groups is 2. The number of hydrogen-bond donors (Lipinski definition) is 3. The molecule has 8 heteroatoms. The molecule has 0 spiro atoms. The zero-order valence-corrected chi connectivity index (χ0v) is 15.4. The summed E-state index contributed by atoms with van der Waals surface area (Å²) in [6.07, 6.45) is 2.70. The Morgan fingerprint density at radius 1 is 1.17 bits per heavy atom. The van der Waals surface area contributed by atoms with Crippen LogP contribution in [0.5, 0.6) is 0 Å². The van der Waals surface area contributed by atoms with E-state index in [1.807, 2.05) is 19.1 Å². The summed E-state index contributed by atoms with van der Waals surface area (Å²) in [4.78, 5) is 24.4. The minimum atomic E-state index is -1.22. The number of benzene rings is 2. The molecule has 0 bridgehead atoms. The molecule has 2 heterocycles. The maximum absolute atomic E-state index is 14.4. The van der Waals surface area contributed by atoms with E-state index in [9.17, 15) is 19.1 Å². The molecule has 1 amide bonds. The number of amides is 1. The van der Waals surface area contributed by atoms with E-state index in [1.54, 1.807) is 30.3 Å². The number of carbonyl (C=O) groups excluding carboxylic acids is 1. The molecule has 3 aromatic rings. The third-order valence-corrected chi connectivity index (χ3v) is 4.64.